The van der Waals surface area contributed by atoms with Gasteiger partial charge in [-0.3, -0.25) is 0 Å². The molecule has 132 valence electrons. The van der Waals surface area contributed by atoms with Crippen molar-refractivity contribution in [2.75, 3.05) is 5.73 Å². The summed E-state index contributed by atoms with van der Waals surface area (Å²) in [5.41, 5.74) is 8.59. The Morgan fingerprint density at radius 2 is 2.00 bits per heavy atom. The van der Waals surface area contributed by atoms with Crippen molar-refractivity contribution in [3.63, 3.8) is 0 Å². The molecule has 7 heteroatoms. The van der Waals surface area contributed by atoms with E-state index in [0.29, 0.717) is 22.6 Å². The smallest absolute Gasteiger partial charge is 0.435 e. The number of pyridine rings is 1. The third kappa shape index (κ3) is 2.77. The minimum Gasteiger partial charge on any atom is -0.442 e. The molecule has 0 unspecified atom stereocenters. The first kappa shape index (κ1) is 16.1. The molecular weight excluding hydrogens is 330 g/mol. The molecule has 1 aromatic carbocycles. The first-order valence-electron chi connectivity index (χ1n) is 8.27. The summed E-state index contributed by atoms with van der Waals surface area (Å²) < 4.78 is 8.64. The number of rotatable bonds is 1. The number of benzene rings is 1. The predicted molar refractivity (Wildman–Crippen MR) is 100.0 cm³/mol. The van der Waals surface area contributed by atoms with Gasteiger partial charge in [-0.2, -0.15) is 9.78 Å². The molecule has 0 bridgehead atoms. The Bertz CT molecular complexity index is 1100. The molecule has 0 atom stereocenters. The Balaban J connectivity index is 1.92. The zero-order valence-electron chi connectivity index (χ0n) is 14.8. The maximum Gasteiger partial charge on any atom is 0.435 e. The van der Waals surface area contributed by atoms with E-state index in [4.69, 9.17) is 10.5 Å². The van der Waals surface area contributed by atoms with Gasteiger partial charge in [0.05, 0.1) is 5.52 Å². The fraction of sp³-hybridized carbons (Fsp3) is 0.211. The zero-order chi connectivity index (χ0) is 18.5. The molecule has 4 rings (SSSR count). The van der Waals surface area contributed by atoms with Crippen molar-refractivity contribution in [1.82, 2.24) is 19.2 Å². The molecule has 0 radical (unpaired) electrons. The minimum atomic E-state index is -0.619. The Labute approximate surface area is 150 Å². The Morgan fingerprint density at radius 1 is 1.19 bits per heavy atom. The molecule has 4 aromatic rings. The van der Waals surface area contributed by atoms with E-state index < -0.39 is 11.7 Å². The van der Waals surface area contributed by atoms with E-state index in [1.165, 1.54) is 4.68 Å². The summed E-state index contributed by atoms with van der Waals surface area (Å²) in [6.07, 6.45) is 3.25. The number of carbonyl (C=O) groups excluding carboxylic acids is 1. The number of nitrogen functional groups attached to an aromatic ring is 1. The van der Waals surface area contributed by atoms with Gasteiger partial charge in [-0.1, -0.05) is 6.07 Å². The second-order valence-corrected chi connectivity index (χ2v) is 7.11. The van der Waals surface area contributed by atoms with Crippen LogP contribution in [0.15, 0.2) is 48.8 Å². The van der Waals surface area contributed by atoms with Crippen molar-refractivity contribution in [1.29, 1.82) is 0 Å². The molecule has 0 spiro atoms. The van der Waals surface area contributed by atoms with Gasteiger partial charge in [0.15, 0.2) is 0 Å². The second kappa shape index (κ2) is 5.59. The molecule has 0 aliphatic carbocycles. The molecule has 26 heavy (non-hydrogen) atoms. The van der Waals surface area contributed by atoms with Crippen molar-refractivity contribution in [3.8, 4) is 11.4 Å². The number of nitrogens with zero attached hydrogens (tertiary/aromatic N) is 4. The largest absolute Gasteiger partial charge is 0.442 e. The van der Waals surface area contributed by atoms with E-state index in [2.05, 4.69) is 10.1 Å². The lowest BCUT2D eigenvalue weighted by Crippen LogP contribution is -2.27. The third-order valence-electron chi connectivity index (χ3n) is 3.88. The SMILES string of the molecule is CC(C)(C)OC(=O)n1nc(-c2cn3ccccc3n2)c2cc(N)ccc21. The number of nitrogens with two attached hydrogens (primary N) is 1. The first-order valence-corrected chi connectivity index (χ1v) is 8.27. The predicted octanol–water partition coefficient (Wildman–Crippen LogP) is 3.72. The lowest BCUT2D eigenvalue weighted by molar-refractivity contribution is 0.0523. The highest BCUT2D eigenvalue weighted by molar-refractivity contribution is 5.98. The van der Waals surface area contributed by atoms with Gasteiger partial charge in [0.25, 0.3) is 0 Å². The second-order valence-electron chi connectivity index (χ2n) is 7.11. The number of carbonyl (C=O) groups is 1. The van der Waals surface area contributed by atoms with Crippen LogP contribution in [0.1, 0.15) is 20.8 Å². The van der Waals surface area contributed by atoms with Crippen LogP contribution < -0.4 is 5.73 Å². The average molecular weight is 349 g/mol. The first-order chi connectivity index (χ1) is 12.3. The van der Waals surface area contributed by atoms with Crippen molar-refractivity contribution in [3.05, 3.63) is 48.8 Å². The molecule has 0 fully saturated rings. The van der Waals surface area contributed by atoms with Crippen LogP contribution in [0.25, 0.3) is 27.9 Å². The molecule has 0 saturated heterocycles. The Kier molecular flexibility index (Phi) is 3.47. The lowest BCUT2D eigenvalue weighted by atomic mass is 10.1. The standard InChI is InChI=1S/C19H19N5O2/c1-19(2,3)26-18(25)24-15-8-7-12(20)10-13(15)17(22-24)14-11-23-9-5-4-6-16(23)21-14/h4-11H,20H2,1-3H3. The highest BCUT2D eigenvalue weighted by Gasteiger charge is 2.23. The maximum absolute atomic E-state index is 12.6. The van der Waals surface area contributed by atoms with Crippen molar-refractivity contribution in [2.45, 2.75) is 26.4 Å². The summed E-state index contributed by atoms with van der Waals surface area (Å²) in [6, 6.07) is 11.0. The van der Waals surface area contributed by atoms with Crippen LogP contribution >= 0.6 is 0 Å². The highest BCUT2D eigenvalue weighted by Crippen LogP contribution is 2.29. The van der Waals surface area contributed by atoms with Gasteiger partial charge in [-0.05, 0) is 51.1 Å². The molecule has 0 aliphatic heterocycles. The van der Waals surface area contributed by atoms with Crippen LogP contribution in [0, 0.1) is 0 Å². The number of hydrogen-bond acceptors (Lipinski definition) is 5. The number of imidazole rings is 1. The molecule has 0 amide bonds. The van der Waals surface area contributed by atoms with Gasteiger partial charge in [0.2, 0.25) is 0 Å². The molecule has 7 nitrogen and oxygen atoms in total. The quantitative estimate of drug-likeness (QED) is 0.529. The zero-order valence-corrected chi connectivity index (χ0v) is 14.8. The van der Waals surface area contributed by atoms with Crippen LogP contribution in [0.5, 0.6) is 0 Å². The summed E-state index contributed by atoms with van der Waals surface area (Å²) in [5.74, 6) is 0. The highest BCUT2D eigenvalue weighted by atomic mass is 16.6. The van der Waals surface area contributed by atoms with Gasteiger partial charge in [-0.15, -0.1) is 0 Å². The van der Waals surface area contributed by atoms with Crippen LogP contribution in [-0.2, 0) is 4.74 Å². The summed E-state index contributed by atoms with van der Waals surface area (Å²) in [7, 11) is 0. The van der Waals surface area contributed by atoms with Crippen LogP contribution in [0.2, 0.25) is 0 Å². The van der Waals surface area contributed by atoms with Gasteiger partial charge >= 0.3 is 6.09 Å². The van der Waals surface area contributed by atoms with Crippen molar-refractivity contribution >= 4 is 28.3 Å². The number of hydrogen-bond donors (Lipinski definition) is 1. The van der Waals surface area contributed by atoms with E-state index in [9.17, 15) is 4.79 Å². The molecule has 0 saturated carbocycles. The van der Waals surface area contributed by atoms with Crippen molar-refractivity contribution < 1.29 is 9.53 Å². The Hall–Kier alpha value is -3.35. The maximum atomic E-state index is 12.6. The molecule has 2 N–H and O–H groups in total. The van der Waals surface area contributed by atoms with Gasteiger partial charge in [-0.25, -0.2) is 9.78 Å². The molecule has 3 heterocycles. The van der Waals surface area contributed by atoms with E-state index in [1.54, 1.807) is 18.2 Å². The number of ether oxygens (including phenoxy) is 1. The van der Waals surface area contributed by atoms with Gasteiger partial charge in [0.1, 0.15) is 22.6 Å². The number of fused-ring (bicyclic) bond motifs is 2. The number of anilines is 1. The molecule has 0 aliphatic rings. The van der Waals surface area contributed by atoms with Crippen LogP contribution in [0.4, 0.5) is 10.5 Å². The monoisotopic (exact) mass is 349 g/mol. The number of aromatic nitrogens is 4. The van der Waals surface area contributed by atoms with E-state index in [-0.39, 0.29) is 0 Å². The Morgan fingerprint density at radius 3 is 2.73 bits per heavy atom. The van der Waals surface area contributed by atoms with Crippen LogP contribution in [0.3, 0.4) is 0 Å². The molecular formula is C19H19N5O2. The summed E-state index contributed by atoms with van der Waals surface area (Å²) in [4.78, 5) is 17.2. The fourth-order valence-electron chi connectivity index (χ4n) is 2.82. The van der Waals surface area contributed by atoms with Gasteiger partial charge in [0, 0.05) is 23.5 Å². The summed E-state index contributed by atoms with van der Waals surface area (Å²) >= 11 is 0. The van der Waals surface area contributed by atoms with Crippen molar-refractivity contribution in [2.24, 2.45) is 0 Å². The average Bonchev–Trinajstić information content (AvgIpc) is 3.13. The minimum absolute atomic E-state index is 0.540. The van der Waals surface area contributed by atoms with E-state index >= 15 is 0 Å². The lowest BCUT2D eigenvalue weighted by Gasteiger charge is -2.19. The summed E-state index contributed by atoms with van der Waals surface area (Å²) in [6.45, 7) is 5.45. The van der Waals surface area contributed by atoms with Crippen LogP contribution in [-0.4, -0.2) is 30.9 Å². The molecule has 3 aromatic heterocycles. The third-order valence-corrected chi connectivity index (χ3v) is 3.88. The van der Waals surface area contributed by atoms with E-state index in [0.717, 1.165) is 11.0 Å². The topological polar surface area (TPSA) is 87.4 Å². The summed E-state index contributed by atoms with van der Waals surface area (Å²) in [5, 5.41) is 5.24. The van der Waals surface area contributed by atoms with E-state index in [1.807, 2.05) is 55.8 Å². The normalized spacial score (nSPS) is 12.0. The van der Waals surface area contributed by atoms with Gasteiger partial charge < -0.3 is 14.9 Å². The fourth-order valence-corrected chi connectivity index (χ4v) is 2.82.